The van der Waals surface area contributed by atoms with Crippen molar-refractivity contribution in [1.82, 2.24) is 0 Å². The van der Waals surface area contributed by atoms with E-state index in [4.69, 9.17) is 14.3 Å². The molecule has 0 amide bonds. The number of hydrogen-bond acceptors (Lipinski definition) is 6. The monoisotopic (exact) mass is 514 g/mol. The summed E-state index contributed by atoms with van der Waals surface area (Å²) in [6.07, 6.45) is 11.5. The van der Waals surface area contributed by atoms with E-state index in [1.165, 1.54) is 6.07 Å². The SMILES string of the molecule is C[C@]12CC[C@H](OC(=O)CCCCC(=O)O)C[C@H]1CC[C@H]1[C@@H]2CC[C@@]2(C)[C@@H](c3ccc(=O)oc3)CC[C@]12O. The lowest BCUT2D eigenvalue weighted by Crippen LogP contribution is -2.62. The number of aliphatic hydroxyl groups is 1. The minimum atomic E-state index is -0.829. The molecule has 204 valence electrons. The normalized spacial score (nSPS) is 40.8. The Morgan fingerprint density at radius 1 is 1.00 bits per heavy atom. The van der Waals surface area contributed by atoms with Crippen LogP contribution in [0.1, 0.15) is 109 Å². The van der Waals surface area contributed by atoms with Crippen LogP contribution in [0.2, 0.25) is 0 Å². The first-order valence-corrected chi connectivity index (χ1v) is 14.3. The molecule has 4 aliphatic carbocycles. The van der Waals surface area contributed by atoms with Gasteiger partial charge < -0.3 is 19.4 Å². The van der Waals surface area contributed by atoms with Crippen LogP contribution in [0.25, 0.3) is 0 Å². The Morgan fingerprint density at radius 3 is 2.51 bits per heavy atom. The third-order valence-corrected chi connectivity index (χ3v) is 11.2. The van der Waals surface area contributed by atoms with Crippen molar-refractivity contribution in [2.75, 3.05) is 0 Å². The maximum Gasteiger partial charge on any atom is 0.335 e. The van der Waals surface area contributed by atoms with E-state index < -0.39 is 11.6 Å². The van der Waals surface area contributed by atoms with Gasteiger partial charge in [-0.1, -0.05) is 13.8 Å². The fraction of sp³-hybridized carbons (Fsp3) is 0.767. The van der Waals surface area contributed by atoms with Gasteiger partial charge in [-0.2, -0.15) is 0 Å². The molecule has 0 radical (unpaired) electrons. The number of carboxylic acids is 1. The Balaban J connectivity index is 1.24. The number of carbonyl (C=O) groups is 2. The molecule has 2 N–H and O–H groups in total. The van der Waals surface area contributed by atoms with Crippen LogP contribution in [0, 0.1) is 28.6 Å². The molecule has 0 aliphatic heterocycles. The van der Waals surface area contributed by atoms with Gasteiger partial charge in [-0.15, -0.1) is 0 Å². The Morgan fingerprint density at radius 2 is 1.78 bits per heavy atom. The Bertz CT molecular complexity index is 1060. The third-order valence-electron chi connectivity index (χ3n) is 11.2. The summed E-state index contributed by atoms with van der Waals surface area (Å²) in [6.45, 7) is 4.68. The van der Waals surface area contributed by atoms with Crippen LogP contribution in [0.15, 0.2) is 27.6 Å². The number of ether oxygens (including phenoxy) is 1. The van der Waals surface area contributed by atoms with Gasteiger partial charge in [0.25, 0.3) is 0 Å². The lowest BCUT2D eigenvalue weighted by Gasteiger charge is -2.63. The second-order valence-corrected chi connectivity index (χ2v) is 12.8. The van der Waals surface area contributed by atoms with Gasteiger partial charge in [0.15, 0.2) is 0 Å². The highest BCUT2D eigenvalue weighted by Gasteiger charge is 2.67. The Kier molecular flexibility index (Phi) is 7.05. The summed E-state index contributed by atoms with van der Waals surface area (Å²) in [5, 5.41) is 21.1. The molecule has 1 aromatic rings. The first-order chi connectivity index (χ1) is 17.6. The second kappa shape index (κ2) is 9.87. The molecule has 4 fully saturated rings. The van der Waals surface area contributed by atoms with Gasteiger partial charge in [0.05, 0.1) is 11.9 Å². The van der Waals surface area contributed by atoms with Gasteiger partial charge >= 0.3 is 17.6 Å². The summed E-state index contributed by atoms with van der Waals surface area (Å²) < 4.78 is 11.0. The molecule has 4 saturated carbocycles. The van der Waals surface area contributed by atoms with Crippen LogP contribution in [-0.2, 0) is 14.3 Å². The van der Waals surface area contributed by atoms with Crippen molar-refractivity contribution < 1.29 is 29.0 Å². The van der Waals surface area contributed by atoms with Gasteiger partial charge in [0, 0.05) is 24.3 Å². The number of rotatable bonds is 7. The second-order valence-electron chi connectivity index (χ2n) is 12.8. The van der Waals surface area contributed by atoms with Crippen molar-refractivity contribution in [3.05, 3.63) is 34.4 Å². The molecule has 4 aliphatic rings. The predicted molar refractivity (Wildman–Crippen MR) is 137 cm³/mol. The van der Waals surface area contributed by atoms with Crippen LogP contribution >= 0.6 is 0 Å². The van der Waals surface area contributed by atoms with E-state index in [9.17, 15) is 19.5 Å². The summed E-state index contributed by atoms with van der Waals surface area (Å²) in [4.78, 5) is 34.6. The summed E-state index contributed by atoms with van der Waals surface area (Å²) in [6, 6.07) is 3.38. The lowest BCUT2D eigenvalue weighted by molar-refractivity contribution is -0.207. The molecule has 7 nitrogen and oxygen atoms in total. The maximum absolute atomic E-state index is 12.4. The van der Waals surface area contributed by atoms with E-state index in [0.717, 1.165) is 63.4 Å². The standard InChI is InChI=1S/C30H42O7/c1-28-14-11-21(37-27(34)6-4-3-5-25(31)32)17-20(28)8-9-24-23(28)12-15-29(2)22(13-16-30(24,29)35)19-7-10-26(33)36-18-19/h7,10,18,20-24,35H,3-6,8-9,11-17H2,1-2H3,(H,31,32)/t20-,21+,22-,23+,24+,28+,29+,30+/m1/s1. The number of unbranched alkanes of at least 4 members (excludes halogenated alkanes) is 1. The van der Waals surface area contributed by atoms with Crippen molar-refractivity contribution in [3.63, 3.8) is 0 Å². The third kappa shape index (κ3) is 4.55. The minimum absolute atomic E-state index is 0.0536. The van der Waals surface area contributed by atoms with Crippen LogP contribution in [0.5, 0.6) is 0 Å². The smallest absolute Gasteiger partial charge is 0.335 e. The zero-order chi connectivity index (χ0) is 26.4. The number of hydrogen-bond donors (Lipinski definition) is 2. The minimum Gasteiger partial charge on any atom is -0.481 e. The van der Waals surface area contributed by atoms with Crippen molar-refractivity contribution in [2.24, 2.45) is 28.6 Å². The van der Waals surface area contributed by atoms with Crippen LogP contribution in [-0.4, -0.2) is 33.9 Å². The summed E-state index contributed by atoms with van der Waals surface area (Å²) in [5.41, 5.74) is -0.116. The van der Waals surface area contributed by atoms with Gasteiger partial charge in [-0.05, 0) is 111 Å². The van der Waals surface area contributed by atoms with Gasteiger partial charge in [-0.3, -0.25) is 9.59 Å². The number of carbonyl (C=O) groups excluding carboxylic acids is 1. The number of carboxylic acid groups (broad SMARTS) is 1. The maximum atomic E-state index is 12.4. The lowest BCUT2D eigenvalue weighted by atomic mass is 9.43. The summed E-state index contributed by atoms with van der Waals surface area (Å²) in [7, 11) is 0. The van der Waals surface area contributed by atoms with Crippen LogP contribution in [0.4, 0.5) is 0 Å². The molecule has 0 unspecified atom stereocenters. The molecule has 1 heterocycles. The first kappa shape index (κ1) is 26.5. The average Bonchev–Trinajstić information content (AvgIpc) is 3.14. The molecule has 5 rings (SSSR count). The zero-order valence-electron chi connectivity index (χ0n) is 22.2. The summed E-state index contributed by atoms with van der Waals surface area (Å²) in [5.74, 6) is 0.375. The largest absolute Gasteiger partial charge is 0.481 e. The van der Waals surface area contributed by atoms with Crippen molar-refractivity contribution >= 4 is 11.9 Å². The van der Waals surface area contributed by atoms with Gasteiger partial charge in [0.1, 0.15) is 6.10 Å². The number of fused-ring (bicyclic) bond motifs is 5. The number of esters is 1. The molecule has 37 heavy (non-hydrogen) atoms. The molecular weight excluding hydrogens is 472 g/mol. The average molecular weight is 515 g/mol. The molecule has 0 saturated heterocycles. The molecule has 0 spiro atoms. The highest BCUT2D eigenvalue weighted by molar-refractivity contribution is 5.70. The van der Waals surface area contributed by atoms with Gasteiger partial charge in [-0.25, -0.2) is 4.79 Å². The van der Waals surface area contributed by atoms with E-state index in [-0.39, 0.29) is 53.2 Å². The molecule has 8 atom stereocenters. The van der Waals surface area contributed by atoms with E-state index in [1.807, 2.05) is 6.07 Å². The van der Waals surface area contributed by atoms with E-state index in [2.05, 4.69) is 13.8 Å². The highest BCUT2D eigenvalue weighted by Crippen LogP contribution is 2.70. The highest BCUT2D eigenvalue weighted by atomic mass is 16.5. The topological polar surface area (TPSA) is 114 Å². The predicted octanol–water partition coefficient (Wildman–Crippen LogP) is 5.44. The fourth-order valence-electron chi connectivity index (χ4n) is 9.18. The van der Waals surface area contributed by atoms with Crippen molar-refractivity contribution in [2.45, 2.75) is 115 Å². The Labute approximate surface area is 219 Å². The molecular formula is C30H42O7. The molecule has 0 bridgehead atoms. The van der Waals surface area contributed by atoms with Crippen molar-refractivity contribution in [3.8, 4) is 0 Å². The van der Waals surface area contributed by atoms with Gasteiger partial charge in [0.2, 0.25) is 0 Å². The van der Waals surface area contributed by atoms with E-state index in [0.29, 0.717) is 24.7 Å². The first-order valence-electron chi connectivity index (χ1n) is 14.3. The molecule has 7 heteroatoms. The fourth-order valence-corrected chi connectivity index (χ4v) is 9.18. The molecule has 1 aromatic heterocycles. The summed E-state index contributed by atoms with van der Waals surface area (Å²) >= 11 is 0. The Hall–Kier alpha value is -2.15. The van der Waals surface area contributed by atoms with E-state index >= 15 is 0 Å². The quantitative estimate of drug-likeness (QED) is 0.368. The molecule has 0 aromatic carbocycles. The van der Waals surface area contributed by atoms with E-state index in [1.54, 1.807) is 6.26 Å². The zero-order valence-corrected chi connectivity index (χ0v) is 22.2. The van der Waals surface area contributed by atoms with Crippen molar-refractivity contribution in [1.29, 1.82) is 0 Å². The van der Waals surface area contributed by atoms with Crippen LogP contribution < -0.4 is 5.63 Å². The van der Waals surface area contributed by atoms with Crippen LogP contribution in [0.3, 0.4) is 0 Å². The number of aliphatic carboxylic acids is 1.